The molecule has 5 rings (SSSR count). The third-order valence-corrected chi connectivity index (χ3v) is 7.17. The van der Waals surface area contributed by atoms with Gasteiger partial charge in [-0.05, 0) is 43.7 Å². The van der Waals surface area contributed by atoms with Gasteiger partial charge in [0.2, 0.25) is 0 Å². The average Bonchev–Trinajstić information content (AvgIpc) is 3.22. The summed E-state index contributed by atoms with van der Waals surface area (Å²) in [6.07, 6.45) is 1.74. The first-order valence-corrected chi connectivity index (χ1v) is 12.8. The van der Waals surface area contributed by atoms with Gasteiger partial charge in [-0.15, -0.1) is 0 Å². The second kappa shape index (κ2) is 10.7. The number of nitriles is 1. The Labute approximate surface area is 223 Å². The highest BCUT2D eigenvalue weighted by Crippen LogP contribution is 2.31. The van der Waals surface area contributed by atoms with Crippen LogP contribution in [0.4, 0.5) is 5.69 Å². The molecule has 7 nitrogen and oxygen atoms in total. The number of hydrogen-bond acceptors (Lipinski definition) is 6. The van der Waals surface area contributed by atoms with Crippen molar-refractivity contribution in [3.63, 3.8) is 0 Å². The van der Waals surface area contributed by atoms with Crippen molar-refractivity contribution in [2.75, 3.05) is 11.9 Å². The molecule has 1 aliphatic rings. The van der Waals surface area contributed by atoms with E-state index in [4.69, 9.17) is 10.00 Å². The van der Waals surface area contributed by atoms with E-state index in [0.717, 1.165) is 11.1 Å². The van der Waals surface area contributed by atoms with Crippen LogP contribution in [0.5, 0.6) is 5.75 Å². The van der Waals surface area contributed by atoms with Crippen LogP contribution in [0.2, 0.25) is 0 Å². The number of carbonyl (C=O) groups excluding carboxylic acids is 1. The number of hydrogen-bond donors (Lipinski definition) is 1. The lowest BCUT2D eigenvalue weighted by Gasteiger charge is -2.25. The number of aryl methyl sites for hydroxylation is 1. The van der Waals surface area contributed by atoms with E-state index in [1.165, 1.54) is 11.3 Å². The summed E-state index contributed by atoms with van der Waals surface area (Å²) < 4.78 is 7.58. The number of thiazole rings is 1. The van der Waals surface area contributed by atoms with Crippen molar-refractivity contribution in [1.29, 1.82) is 5.26 Å². The lowest BCUT2D eigenvalue weighted by molar-refractivity contribution is -0.113. The molecule has 0 spiro atoms. The molecule has 0 aliphatic carbocycles. The van der Waals surface area contributed by atoms with Crippen molar-refractivity contribution in [2.45, 2.75) is 19.9 Å². The fraction of sp³-hybridized carbons (Fsp3) is 0.133. The van der Waals surface area contributed by atoms with Crippen molar-refractivity contribution < 1.29 is 9.53 Å². The smallest absolute Gasteiger partial charge is 0.271 e. The number of benzene rings is 3. The summed E-state index contributed by atoms with van der Waals surface area (Å²) in [5, 5.41) is 11.9. The molecule has 1 N–H and O–H groups in total. The molecule has 0 unspecified atom stereocenters. The molecule has 38 heavy (non-hydrogen) atoms. The maximum absolute atomic E-state index is 13.9. The lowest BCUT2D eigenvalue weighted by atomic mass is 9.94. The molecule has 1 amide bonds. The van der Waals surface area contributed by atoms with Gasteiger partial charge in [-0.1, -0.05) is 77.6 Å². The summed E-state index contributed by atoms with van der Waals surface area (Å²) >= 11 is 1.25. The summed E-state index contributed by atoms with van der Waals surface area (Å²) in [5.41, 5.74) is 3.93. The fourth-order valence-corrected chi connectivity index (χ4v) is 5.42. The number of amides is 1. The van der Waals surface area contributed by atoms with Gasteiger partial charge in [-0.25, -0.2) is 4.99 Å². The molecular weight excluding hydrogens is 496 g/mol. The fourth-order valence-electron chi connectivity index (χ4n) is 4.38. The Balaban J connectivity index is 1.66. The van der Waals surface area contributed by atoms with E-state index < -0.39 is 6.04 Å². The topological polar surface area (TPSA) is 96.5 Å². The second-order valence-electron chi connectivity index (χ2n) is 8.80. The minimum atomic E-state index is -0.650. The maximum atomic E-state index is 13.9. The van der Waals surface area contributed by atoms with Crippen LogP contribution in [0.3, 0.4) is 0 Å². The van der Waals surface area contributed by atoms with E-state index in [1.807, 2.05) is 85.8 Å². The molecule has 1 aromatic heterocycles. The number of nitrogens with zero attached hydrogens (tertiary/aromatic N) is 3. The highest BCUT2D eigenvalue weighted by molar-refractivity contribution is 7.07. The van der Waals surface area contributed by atoms with Gasteiger partial charge in [0.25, 0.3) is 11.5 Å². The number of fused-ring (bicyclic) bond motifs is 1. The van der Waals surface area contributed by atoms with Crippen LogP contribution >= 0.6 is 11.3 Å². The van der Waals surface area contributed by atoms with Crippen LogP contribution in [0.15, 0.2) is 99.9 Å². The largest absolute Gasteiger partial charge is 0.478 e. The van der Waals surface area contributed by atoms with E-state index in [2.05, 4.69) is 10.3 Å². The highest BCUT2D eigenvalue weighted by atomic mass is 32.1. The molecule has 8 heteroatoms. The van der Waals surface area contributed by atoms with Gasteiger partial charge in [0, 0.05) is 11.3 Å². The molecular formula is C30H24N4O3S. The third-order valence-electron chi connectivity index (χ3n) is 6.19. The number of nitrogens with one attached hydrogen (secondary N) is 1. The molecule has 0 saturated carbocycles. The van der Waals surface area contributed by atoms with Crippen LogP contribution in [0.1, 0.15) is 29.7 Å². The van der Waals surface area contributed by atoms with Crippen LogP contribution in [-0.4, -0.2) is 17.1 Å². The second-order valence-corrected chi connectivity index (χ2v) is 9.81. The van der Waals surface area contributed by atoms with Crippen molar-refractivity contribution in [2.24, 2.45) is 4.99 Å². The van der Waals surface area contributed by atoms with Gasteiger partial charge >= 0.3 is 0 Å². The van der Waals surface area contributed by atoms with Gasteiger partial charge in [-0.3, -0.25) is 14.2 Å². The number of allylic oxidation sites excluding steroid dienone is 1. The average molecular weight is 521 g/mol. The normalized spacial score (nSPS) is 14.9. The van der Waals surface area contributed by atoms with Gasteiger partial charge < -0.3 is 10.1 Å². The Morgan fingerprint density at radius 3 is 2.53 bits per heavy atom. The van der Waals surface area contributed by atoms with E-state index in [-0.39, 0.29) is 18.1 Å². The first kappa shape index (κ1) is 24.9. The minimum absolute atomic E-state index is 0.0986. The molecule has 2 heterocycles. The van der Waals surface area contributed by atoms with Gasteiger partial charge in [0.05, 0.1) is 21.8 Å². The molecule has 3 aromatic carbocycles. The summed E-state index contributed by atoms with van der Waals surface area (Å²) in [4.78, 5) is 32.7. The first-order valence-electron chi connectivity index (χ1n) is 12.0. The summed E-state index contributed by atoms with van der Waals surface area (Å²) in [6.45, 7) is 3.69. The highest BCUT2D eigenvalue weighted by Gasteiger charge is 2.32. The third kappa shape index (κ3) is 4.92. The molecule has 4 aromatic rings. The van der Waals surface area contributed by atoms with Crippen molar-refractivity contribution in [1.82, 2.24) is 4.57 Å². The Kier molecular flexibility index (Phi) is 7.03. The van der Waals surface area contributed by atoms with E-state index in [9.17, 15) is 9.59 Å². The van der Waals surface area contributed by atoms with E-state index >= 15 is 0 Å². The predicted octanol–water partition coefficient (Wildman–Crippen LogP) is 4.08. The maximum Gasteiger partial charge on any atom is 0.271 e. The number of carbonyl (C=O) groups is 1. The summed E-state index contributed by atoms with van der Waals surface area (Å²) in [5.74, 6) is 0.196. The number of rotatable bonds is 6. The van der Waals surface area contributed by atoms with Crippen LogP contribution in [0.25, 0.3) is 6.08 Å². The summed E-state index contributed by atoms with van der Waals surface area (Å²) in [6, 6.07) is 25.6. The zero-order chi connectivity index (χ0) is 26.6. The van der Waals surface area contributed by atoms with Gasteiger partial charge in [0.15, 0.2) is 11.4 Å². The lowest BCUT2D eigenvalue weighted by Crippen LogP contribution is -2.40. The van der Waals surface area contributed by atoms with Gasteiger partial charge in [-0.2, -0.15) is 5.26 Å². The molecule has 0 radical (unpaired) electrons. The molecule has 188 valence electrons. The molecule has 1 aliphatic heterocycles. The zero-order valence-electron chi connectivity index (χ0n) is 20.8. The van der Waals surface area contributed by atoms with Crippen molar-refractivity contribution in [3.05, 3.63) is 127 Å². The van der Waals surface area contributed by atoms with E-state index in [1.54, 1.807) is 23.6 Å². The summed E-state index contributed by atoms with van der Waals surface area (Å²) in [7, 11) is 0. The zero-order valence-corrected chi connectivity index (χ0v) is 21.7. The standard InChI is InChI=1S/C30H24N4O3S/c1-19-12-14-21(15-13-19)27-26(28(35)33-23-9-4-3-5-10-23)20(2)32-30-34(27)29(36)25(38-30)18-22-8-6-7-11-24(22)37-17-16-31/h3-15,18,27H,17H2,1-2H3,(H,33,35)/b25-18-/t27-/m1/s1. The number of aromatic nitrogens is 1. The predicted molar refractivity (Wildman–Crippen MR) is 148 cm³/mol. The quantitative estimate of drug-likeness (QED) is 0.414. The first-order chi connectivity index (χ1) is 18.5. The molecule has 0 saturated heterocycles. The van der Waals surface area contributed by atoms with Gasteiger partial charge in [0.1, 0.15) is 11.8 Å². The van der Waals surface area contributed by atoms with Crippen LogP contribution in [0, 0.1) is 18.3 Å². The number of anilines is 1. The number of ether oxygens (including phenoxy) is 1. The molecule has 1 atom stereocenters. The number of para-hydroxylation sites is 2. The van der Waals surface area contributed by atoms with Crippen LogP contribution in [-0.2, 0) is 4.79 Å². The van der Waals surface area contributed by atoms with Crippen molar-refractivity contribution in [3.8, 4) is 11.8 Å². The monoisotopic (exact) mass is 520 g/mol. The van der Waals surface area contributed by atoms with Crippen molar-refractivity contribution >= 4 is 29.0 Å². The Morgan fingerprint density at radius 2 is 1.79 bits per heavy atom. The Hall–Kier alpha value is -4.74. The molecule has 0 bridgehead atoms. The van der Waals surface area contributed by atoms with E-state index in [0.29, 0.717) is 37.6 Å². The minimum Gasteiger partial charge on any atom is -0.478 e. The Bertz CT molecular complexity index is 1760. The SMILES string of the molecule is CC1=C(C(=O)Nc2ccccc2)[C@@H](c2ccc(C)cc2)n2c(s/c(=C\c3ccccc3OCC#N)c2=O)=N1. The Morgan fingerprint density at radius 1 is 1.08 bits per heavy atom. The molecule has 0 fully saturated rings. The van der Waals surface area contributed by atoms with Crippen LogP contribution < -0.4 is 24.9 Å².